The minimum atomic E-state index is -5.93. The molecule has 5 aliphatic rings. The zero-order chi connectivity index (χ0) is 70.6. The van der Waals surface area contributed by atoms with Gasteiger partial charge in [0.15, 0.2) is 18.3 Å². The van der Waals surface area contributed by atoms with Crippen LogP contribution in [0.2, 0.25) is 0 Å². The molecule has 5 heterocycles. The maximum Gasteiger partial charge on any atom is 1.00 e. The van der Waals surface area contributed by atoms with Crippen molar-refractivity contribution in [2.24, 2.45) is 11.1 Å². The van der Waals surface area contributed by atoms with Gasteiger partial charge in [0.05, 0.1) is 34.4 Å². The number of hydrogen-bond acceptors (Lipinski definition) is 25. The Kier molecular flexibility index (Phi) is 50.2. The Hall–Kier alpha value is -6.26. The topological polar surface area (TPSA) is 470 Å². The number of rotatable bonds is 17. The van der Waals surface area contributed by atoms with E-state index in [1.54, 1.807) is 83.5 Å². The summed E-state index contributed by atoms with van der Waals surface area (Å²) in [6.07, 6.45) is -1.11. The van der Waals surface area contributed by atoms with Crippen LogP contribution in [0.1, 0.15) is 129 Å². The van der Waals surface area contributed by atoms with E-state index in [0.29, 0.717) is 42.0 Å². The number of alkyl halides is 3. The third-order valence-electron chi connectivity index (χ3n) is 12.2. The van der Waals surface area contributed by atoms with Crippen LogP contribution in [0.25, 0.3) is 0 Å². The van der Waals surface area contributed by atoms with Gasteiger partial charge in [-0.1, -0.05) is 72.0 Å². The van der Waals surface area contributed by atoms with Crippen molar-refractivity contribution in [1.82, 2.24) is 15.1 Å². The Morgan fingerprint density at radius 1 is 0.691 bits per heavy atom. The largest absolute Gasteiger partial charge is 1.00 e. The molecule has 3 aromatic carbocycles. The van der Waals surface area contributed by atoms with Crippen LogP contribution >= 0.6 is 0 Å². The van der Waals surface area contributed by atoms with Crippen LogP contribution in [0.5, 0.6) is 17.2 Å². The number of likely N-dealkylation sites (tertiary alicyclic amines) is 2. The summed E-state index contributed by atoms with van der Waals surface area (Å²) in [5.41, 5.74) is 0.916. The van der Waals surface area contributed by atoms with Gasteiger partial charge in [-0.15, -0.1) is 10.9 Å². The Morgan fingerprint density at radius 2 is 1.07 bits per heavy atom. The number of aliphatic carboxylic acids is 3. The minimum absolute atomic E-state index is 0. The summed E-state index contributed by atoms with van der Waals surface area (Å²) < 4.78 is 92.5. The number of imide groups is 2. The summed E-state index contributed by atoms with van der Waals surface area (Å²) in [5, 5.41) is 55.8. The van der Waals surface area contributed by atoms with Crippen LogP contribution < -0.4 is 111 Å². The van der Waals surface area contributed by atoms with Crippen LogP contribution in [0.3, 0.4) is 0 Å². The first-order chi connectivity index (χ1) is 43.5. The van der Waals surface area contributed by atoms with Crippen molar-refractivity contribution >= 4 is 69.5 Å². The van der Waals surface area contributed by atoms with Crippen molar-refractivity contribution in [3.63, 3.8) is 0 Å². The first kappa shape index (κ1) is 97.1. The van der Waals surface area contributed by atoms with E-state index < -0.39 is 99.7 Å². The summed E-state index contributed by atoms with van der Waals surface area (Å²) >= 11 is 0. The second-order valence-electron chi connectivity index (χ2n) is 20.7. The number of nitrogens with one attached hydrogen (secondary N) is 1. The van der Waals surface area contributed by atoms with E-state index in [1.165, 1.54) is 20.0 Å². The van der Waals surface area contributed by atoms with E-state index in [4.69, 9.17) is 54.9 Å². The number of carbonyl (C=O) groups excluding carboxylic acids is 7. The van der Waals surface area contributed by atoms with Crippen molar-refractivity contribution in [1.29, 1.82) is 0 Å². The molecule has 5 atom stereocenters. The van der Waals surface area contributed by atoms with Crippen molar-refractivity contribution in [2.45, 2.75) is 174 Å². The second kappa shape index (κ2) is 50.1. The predicted molar refractivity (Wildman–Crippen MR) is 327 cm³/mol. The first-order valence-electron chi connectivity index (χ1n) is 28.1. The molecule has 0 saturated carbocycles. The number of hydrogen-bond donors (Lipinski definition) is 6. The SMILES string of the molecule is C.C.C1CCOC1.CC(C)(C)[O-].COc1ccc(CN2C(=O)CCC(O)C2=O)cc1.COc1ccc(CN2C(=O)CCC(OS(=O)(=O)C(F)(F)F)C2=O)cc1.COc1ccc(CNC(=O)C2CCC(=O)O2)cc1.NC(CCC(=O)O)C(=O)O.O=C1CCC(C(=O)O)O1.O=N[O-].[K+].[Na+]. The summed E-state index contributed by atoms with van der Waals surface area (Å²) in [6.45, 7) is 7.29. The zero-order valence-electron chi connectivity index (χ0n) is 53.6. The molecular formula is C60H84F3KN5NaO26S. The summed E-state index contributed by atoms with van der Waals surface area (Å²) in [5.74, 6) is -4.67. The van der Waals surface area contributed by atoms with E-state index in [-0.39, 0.29) is 165 Å². The summed E-state index contributed by atoms with van der Waals surface area (Å²) in [7, 11) is -1.30. The molecule has 0 aromatic heterocycles. The molecular weight excluding hydrogens is 1360 g/mol. The molecule has 31 nitrogen and oxygen atoms in total. The van der Waals surface area contributed by atoms with Gasteiger partial charge in [0.25, 0.3) is 17.7 Å². The van der Waals surface area contributed by atoms with Crippen LogP contribution in [-0.2, 0) is 96.1 Å². The van der Waals surface area contributed by atoms with E-state index in [1.807, 2.05) is 24.3 Å². The van der Waals surface area contributed by atoms with Gasteiger partial charge in [-0.3, -0.25) is 53.0 Å². The van der Waals surface area contributed by atoms with Gasteiger partial charge < -0.3 is 75.1 Å². The zero-order valence-corrected chi connectivity index (χ0v) is 59.5. The Morgan fingerprint density at radius 3 is 1.39 bits per heavy atom. The van der Waals surface area contributed by atoms with Gasteiger partial charge in [-0.05, 0) is 85.2 Å². The van der Waals surface area contributed by atoms with E-state index in [9.17, 15) is 79.7 Å². The number of cyclic esters (lactones) is 2. The number of aliphatic hydroxyl groups is 1. The Balaban J connectivity index is -0.000000543. The summed E-state index contributed by atoms with van der Waals surface area (Å²) in [6, 6.07) is 19.8. The van der Waals surface area contributed by atoms with Crippen LogP contribution in [0.15, 0.2) is 78.1 Å². The number of methoxy groups -OCH3 is 3. The molecule has 0 aliphatic carbocycles. The number of carboxylic acid groups (broad SMARTS) is 3. The smallest absolute Gasteiger partial charge is 0.850 e. The maximum absolute atomic E-state index is 12.4. The molecule has 0 spiro atoms. The molecule has 5 amide bonds. The molecule has 3 aromatic rings. The fourth-order valence-electron chi connectivity index (χ4n) is 7.46. The average molecular weight is 1440 g/mol. The maximum atomic E-state index is 12.4. The van der Waals surface area contributed by atoms with Crippen molar-refractivity contribution in [2.75, 3.05) is 34.5 Å². The monoisotopic (exact) mass is 1440 g/mol. The number of ether oxygens (including phenoxy) is 6. The normalized spacial score (nSPS) is 17.7. The fourth-order valence-corrected chi connectivity index (χ4v) is 8.05. The van der Waals surface area contributed by atoms with Gasteiger partial charge in [-0.2, -0.15) is 21.6 Å². The fraction of sp³-hybridized carbons (Fsp3) is 0.533. The number of carboxylic acids is 3. The number of aliphatic hydroxyl groups excluding tert-OH is 1. The average Bonchev–Trinajstić information content (AvgIpc) is 0.945. The Labute approximate surface area is 624 Å². The number of amides is 5. The standard InChI is InChI=1S/C14H14F3NO6S.2C13H15NO4.C5H9NO4.C5H6O4.C4H8O.C4H9O.2CH4.K.HNO2.Na/c1-23-10-4-2-9(3-5-10)8-18-12(19)7-6-11(13(18)20)24-25(21,22)14(15,16)17;1-17-10-4-2-9(3-5-10)8-14-13(16)11-6-7-12(15)18-11;1-18-10-4-2-9(3-5-10)8-14-12(16)7-6-11(15)13(14)17;6-3(5(9)10)1-2-4(7)8;6-4-2-1-3(9-4)5(7)8;1-2-4-5-3-1;1-4(2,3)5;;;;2-1-3;/h2-5,11H,6-8H2,1H3;2-5,11H,6-8H2,1H3,(H,14,16);2-5,11,15H,6-8H2,1H3;3H,1-2,6H2,(H,7,8)(H,9,10);3H,1-2H2,(H,7,8);1-4H2;1-3H3;2*1H4;;(H,2,3);/q;;;;;;-1;;;+1;;+1/p-1. The van der Waals surface area contributed by atoms with Gasteiger partial charge >= 0.3 is 126 Å². The van der Waals surface area contributed by atoms with Gasteiger partial charge in [0.2, 0.25) is 11.8 Å². The van der Waals surface area contributed by atoms with Crippen LogP contribution in [0.4, 0.5) is 13.2 Å². The number of nitrogens with zero attached hydrogens (tertiary/aromatic N) is 3. The quantitative estimate of drug-likeness (QED) is 0.0176. The minimum Gasteiger partial charge on any atom is -0.850 e. The van der Waals surface area contributed by atoms with Gasteiger partial charge in [0.1, 0.15) is 29.4 Å². The third-order valence-corrected chi connectivity index (χ3v) is 13.3. The molecule has 5 saturated heterocycles. The van der Waals surface area contributed by atoms with Crippen molar-refractivity contribution < 1.29 is 209 Å². The molecule has 97 heavy (non-hydrogen) atoms. The first-order valence-corrected chi connectivity index (χ1v) is 29.5. The van der Waals surface area contributed by atoms with Gasteiger partial charge in [-0.25, -0.2) is 8.98 Å². The molecule has 0 bridgehead atoms. The van der Waals surface area contributed by atoms with Crippen LogP contribution in [0, 0.1) is 10.1 Å². The molecule has 5 fully saturated rings. The number of nitrogens with two attached hydrogens (primary N) is 1. The molecule has 7 N–H and O–H groups in total. The molecule has 37 heteroatoms. The van der Waals surface area contributed by atoms with E-state index >= 15 is 0 Å². The van der Waals surface area contributed by atoms with E-state index in [2.05, 4.69) is 14.2 Å². The second-order valence-corrected chi connectivity index (χ2v) is 22.3. The van der Waals surface area contributed by atoms with Crippen molar-refractivity contribution in [3.05, 3.63) is 99.6 Å². The van der Waals surface area contributed by atoms with Gasteiger partial charge in [0, 0.05) is 64.7 Å². The summed E-state index contributed by atoms with van der Waals surface area (Å²) in [4.78, 5) is 120. The number of benzene rings is 3. The van der Waals surface area contributed by atoms with Crippen molar-refractivity contribution in [3.8, 4) is 17.2 Å². The predicted octanol–water partition coefficient (Wildman–Crippen LogP) is -1.19. The number of carbonyl (C=O) groups is 10. The van der Waals surface area contributed by atoms with E-state index in [0.717, 1.165) is 46.1 Å². The Bertz CT molecular complexity index is 3020. The number of halogens is 3. The molecule has 5 aliphatic heterocycles. The third kappa shape index (κ3) is 40.4. The molecule has 8 rings (SSSR count). The number of piperidine rings is 2. The molecule has 534 valence electrons. The molecule has 0 radical (unpaired) electrons. The molecule has 5 unspecified atom stereocenters. The number of esters is 2. The van der Waals surface area contributed by atoms with Crippen LogP contribution in [-0.4, -0.2) is 174 Å².